The summed E-state index contributed by atoms with van der Waals surface area (Å²) in [7, 11) is 1.69. The molecule has 5 rings (SSSR count). The van der Waals surface area contributed by atoms with E-state index in [9.17, 15) is 9.59 Å². The molecule has 0 aliphatic carbocycles. The number of hydrogen-bond acceptors (Lipinski definition) is 5. The van der Waals surface area contributed by atoms with Crippen molar-refractivity contribution in [1.29, 1.82) is 0 Å². The number of amides is 3. The van der Waals surface area contributed by atoms with Gasteiger partial charge in [-0.2, -0.15) is 0 Å². The van der Waals surface area contributed by atoms with Gasteiger partial charge < -0.3 is 30.1 Å². The zero-order chi connectivity index (χ0) is 26.5. The number of likely N-dealkylation sites (tertiary alicyclic amines) is 1. The van der Waals surface area contributed by atoms with Gasteiger partial charge in [-0.25, -0.2) is 4.79 Å². The van der Waals surface area contributed by atoms with Crippen LogP contribution in [-0.2, 0) is 0 Å². The van der Waals surface area contributed by atoms with Gasteiger partial charge in [0.05, 0.1) is 18.4 Å². The Hall–Kier alpha value is -3.72. The van der Waals surface area contributed by atoms with Gasteiger partial charge in [-0.05, 0) is 61.4 Å². The Morgan fingerprint density at radius 1 is 0.763 bits per heavy atom. The van der Waals surface area contributed by atoms with Crippen molar-refractivity contribution in [3.8, 4) is 5.75 Å². The number of carbonyl (C=O) groups excluding carboxylic acids is 2. The summed E-state index contributed by atoms with van der Waals surface area (Å²) in [6, 6.07) is 20.7. The molecule has 2 heterocycles. The van der Waals surface area contributed by atoms with E-state index < -0.39 is 0 Å². The molecule has 0 spiro atoms. The van der Waals surface area contributed by atoms with Crippen LogP contribution in [0.3, 0.4) is 0 Å². The third-order valence-electron chi connectivity index (χ3n) is 7.01. The van der Waals surface area contributed by atoms with Crippen LogP contribution < -0.4 is 25.2 Å². The standard InChI is InChI=1S/C29H32BrN5O3/c1-38-27-10-3-2-9-26(27)34-17-15-33(16-18-34)25-12-11-23(20-24(25)28(36)35-13-4-5-14-35)32-29(37)31-22-8-6-7-21(30)19-22/h2-3,6-12,19-20H,4-5,13-18H2,1H3,(H2,31,32,37). The molecule has 2 fully saturated rings. The van der Waals surface area contributed by atoms with Crippen molar-refractivity contribution in [2.75, 3.05) is 66.8 Å². The summed E-state index contributed by atoms with van der Waals surface area (Å²) in [5.74, 6) is 0.878. The monoisotopic (exact) mass is 577 g/mol. The fourth-order valence-electron chi connectivity index (χ4n) is 5.09. The lowest BCUT2D eigenvalue weighted by atomic mass is 10.1. The van der Waals surface area contributed by atoms with Crippen molar-refractivity contribution in [2.24, 2.45) is 0 Å². The van der Waals surface area contributed by atoms with Crippen molar-refractivity contribution < 1.29 is 14.3 Å². The van der Waals surface area contributed by atoms with E-state index in [0.717, 1.165) is 73.7 Å². The number of benzene rings is 3. The number of para-hydroxylation sites is 2. The lowest BCUT2D eigenvalue weighted by Crippen LogP contribution is -2.47. The Morgan fingerprint density at radius 2 is 1.42 bits per heavy atom. The van der Waals surface area contributed by atoms with E-state index in [4.69, 9.17) is 4.74 Å². The Morgan fingerprint density at radius 3 is 2.11 bits per heavy atom. The van der Waals surface area contributed by atoms with Crippen LogP contribution in [0.2, 0.25) is 0 Å². The van der Waals surface area contributed by atoms with Crippen LogP contribution in [0, 0.1) is 0 Å². The molecule has 38 heavy (non-hydrogen) atoms. The zero-order valence-corrected chi connectivity index (χ0v) is 23.0. The summed E-state index contributed by atoms with van der Waals surface area (Å²) in [5.41, 5.74) is 3.86. The van der Waals surface area contributed by atoms with Crippen LogP contribution in [0.15, 0.2) is 71.2 Å². The molecular weight excluding hydrogens is 546 g/mol. The van der Waals surface area contributed by atoms with Crippen LogP contribution in [0.4, 0.5) is 27.5 Å². The van der Waals surface area contributed by atoms with Gasteiger partial charge in [0, 0.05) is 60.8 Å². The molecule has 3 amide bonds. The third-order valence-corrected chi connectivity index (χ3v) is 7.50. The maximum atomic E-state index is 13.6. The van der Waals surface area contributed by atoms with Gasteiger partial charge in [0.25, 0.3) is 5.91 Å². The molecule has 9 heteroatoms. The average molecular weight is 579 g/mol. The lowest BCUT2D eigenvalue weighted by Gasteiger charge is -2.38. The first kappa shape index (κ1) is 25.9. The minimum atomic E-state index is -0.360. The number of urea groups is 1. The van der Waals surface area contributed by atoms with Crippen LogP contribution in [0.5, 0.6) is 5.75 Å². The number of hydrogen-bond donors (Lipinski definition) is 2. The largest absolute Gasteiger partial charge is 0.495 e. The van der Waals surface area contributed by atoms with E-state index in [0.29, 0.717) is 16.9 Å². The minimum absolute atomic E-state index is 0.0145. The number of nitrogens with one attached hydrogen (secondary N) is 2. The molecule has 2 saturated heterocycles. The fourth-order valence-corrected chi connectivity index (χ4v) is 5.49. The molecule has 2 aliphatic rings. The van der Waals surface area contributed by atoms with Gasteiger partial charge in [0.15, 0.2) is 0 Å². The molecule has 0 radical (unpaired) electrons. The van der Waals surface area contributed by atoms with E-state index in [1.54, 1.807) is 7.11 Å². The molecule has 0 aromatic heterocycles. The molecule has 0 saturated carbocycles. The first-order valence-electron chi connectivity index (χ1n) is 12.9. The number of ether oxygens (including phenoxy) is 1. The summed E-state index contributed by atoms with van der Waals surface area (Å²) in [4.78, 5) is 32.8. The number of methoxy groups -OCH3 is 1. The molecule has 3 aromatic rings. The van der Waals surface area contributed by atoms with E-state index in [1.165, 1.54) is 0 Å². The second-order valence-electron chi connectivity index (χ2n) is 9.47. The van der Waals surface area contributed by atoms with Crippen LogP contribution in [0.25, 0.3) is 0 Å². The molecule has 0 atom stereocenters. The molecule has 2 aliphatic heterocycles. The Bertz CT molecular complexity index is 1300. The third kappa shape index (κ3) is 5.88. The normalized spacial score (nSPS) is 15.4. The van der Waals surface area contributed by atoms with Gasteiger partial charge in [0.2, 0.25) is 0 Å². The first-order chi connectivity index (χ1) is 18.5. The number of rotatable bonds is 6. The van der Waals surface area contributed by atoms with E-state index in [2.05, 4.69) is 42.4 Å². The van der Waals surface area contributed by atoms with Gasteiger partial charge >= 0.3 is 6.03 Å². The quantitative estimate of drug-likeness (QED) is 0.395. The van der Waals surface area contributed by atoms with Gasteiger partial charge in [0.1, 0.15) is 5.75 Å². The zero-order valence-electron chi connectivity index (χ0n) is 21.5. The van der Waals surface area contributed by atoms with Gasteiger partial charge in [-0.1, -0.05) is 34.1 Å². The van der Waals surface area contributed by atoms with Crippen molar-refractivity contribution in [3.63, 3.8) is 0 Å². The smallest absolute Gasteiger partial charge is 0.323 e. The van der Waals surface area contributed by atoms with Crippen molar-refractivity contribution in [1.82, 2.24) is 4.90 Å². The highest BCUT2D eigenvalue weighted by atomic mass is 79.9. The average Bonchev–Trinajstić information content (AvgIpc) is 3.48. The summed E-state index contributed by atoms with van der Waals surface area (Å²) in [5, 5.41) is 5.73. The maximum Gasteiger partial charge on any atom is 0.323 e. The summed E-state index contributed by atoms with van der Waals surface area (Å²) in [6.07, 6.45) is 2.04. The van der Waals surface area contributed by atoms with E-state index in [-0.39, 0.29) is 11.9 Å². The summed E-state index contributed by atoms with van der Waals surface area (Å²) in [6.45, 7) is 4.70. The number of piperazine rings is 1. The molecule has 2 N–H and O–H groups in total. The molecule has 3 aromatic carbocycles. The second kappa shape index (κ2) is 11.8. The van der Waals surface area contributed by atoms with Crippen molar-refractivity contribution >= 4 is 50.6 Å². The van der Waals surface area contributed by atoms with Gasteiger partial charge in [-0.15, -0.1) is 0 Å². The first-order valence-corrected chi connectivity index (χ1v) is 13.7. The molecule has 0 bridgehead atoms. The highest BCUT2D eigenvalue weighted by Gasteiger charge is 2.27. The van der Waals surface area contributed by atoms with Crippen LogP contribution in [0.1, 0.15) is 23.2 Å². The highest BCUT2D eigenvalue weighted by Crippen LogP contribution is 2.32. The topological polar surface area (TPSA) is 77.1 Å². The predicted octanol–water partition coefficient (Wildman–Crippen LogP) is 5.66. The van der Waals surface area contributed by atoms with Crippen LogP contribution in [-0.4, -0.2) is 63.2 Å². The molecule has 8 nitrogen and oxygen atoms in total. The summed E-state index contributed by atoms with van der Waals surface area (Å²) >= 11 is 3.42. The van der Waals surface area contributed by atoms with Crippen molar-refractivity contribution in [2.45, 2.75) is 12.8 Å². The maximum absolute atomic E-state index is 13.6. The summed E-state index contributed by atoms with van der Waals surface area (Å²) < 4.78 is 6.44. The fraction of sp³-hybridized carbons (Fsp3) is 0.310. The minimum Gasteiger partial charge on any atom is -0.495 e. The van der Waals surface area contributed by atoms with Crippen LogP contribution >= 0.6 is 15.9 Å². The SMILES string of the molecule is COc1ccccc1N1CCN(c2ccc(NC(=O)Nc3cccc(Br)c3)cc2C(=O)N2CCCC2)CC1. The Balaban J connectivity index is 1.34. The lowest BCUT2D eigenvalue weighted by molar-refractivity contribution is 0.0793. The van der Waals surface area contributed by atoms with Gasteiger partial charge in [-0.3, -0.25) is 4.79 Å². The molecular formula is C29H32BrN5O3. The van der Waals surface area contributed by atoms with E-state index in [1.807, 2.05) is 65.6 Å². The predicted molar refractivity (Wildman–Crippen MR) is 156 cm³/mol. The van der Waals surface area contributed by atoms with E-state index >= 15 is 0 Å². The molecule has 0 unspecified atom stereocenters. The number of anilines is 4. The second-order valence-corrected chi connectivity index (χ2v) is 10.4. The number of carbonyl (C=O) groups is 2. The Kier molecular flexibility index (Phi) is 8.03. The van der Waals surface area contributed by atoms with Crippen molar-refractivity contribution in [3.05, 3.63) is 76.8 Å². The number of halogens is 1. The molecule has 198 valence electrons. The Labute approximate surface area is 231 Å². The highest BCUT2D eigenvalue weighted by molar-refractivity contribution is 9.10. The number of nitrogens with zero attached hydrogens (tertiary/aromatic N) is 3.